The van der Waals surface area contributed by atoms with Crippen LogP contribution in [0.5, 0.6) is 5.75 Å². The standard InChI is InChI=1S/C10H12ClO3P/c1-7(2)15(12)13-6-8-5-9(11)3-4-10(8)14-15/h3-5,7H,6H2,1-2H3. The van der Waals surface area contributed by atoms with E-state index in [0.29, 0.717) is 17.4 Å². The molecule has 0 aromatic heterocycles. The van der Waals surface area contributed by atoms with E-state index in [1.54, 1.807) is 18.2 Å². The van der Waals surface area contributed by atoms with Crippen LogP contribution in [0, 0.1) is 0 Å². The van der Waals surface area contributed by atoms with Crippen molar-refractivity contribution >= 4 is 19.2 Å². The summed E-state index contributed by atoms with van der Waals surface area (Å²) in [5.74, 6) is 0.614. The molecule has 5 heteroatoms. The largest absolute Gasteiger partial charge is 0.424 e. The van der Waals surface area contributed by atoms with E-state index in [9.17, 15) is 4.57 Å². The summed E-state index contributed by atoms with van der Waals surface area (Å²) in [4.78, 5) is 0. The van der Waals surface area contributed by atoms with Gasteiger partial charge >= 0.3 is 7.60 Å². The van der Waals surface area contributed by atoms with Gasteiger partial charge in [-0.2, -0.15) is 0 Å². The summed E-state index contributed by atoms with van der Waals surface area (Å²) in [7, 11) is -2.98. The van der Waals surface area contributed by atoms with Crippen molar-refractivity contribution in [2.75, 3.05) is 0 Å². The first kappa shape index (κ1) is 11.0. The zero-order chi connectivity index (χ0) is 11.1. The van der Waals surface area contributed by atoms with Crippen LogP contribution in [0.2, 0.25) is 5.02 Å². The van der Waals surface area contributed by atoms with Gasteiger partial charge in [-0.1, -0.05) is 25.4 Å². The maximum Gasteiger partial charge on any atom is 0.382 e. The molecule has 0 spiro atoms. The molecule has 82 valence electrons. The number of rotatable bonds is 1. The highest BCUT2D eigenvalue weighted by Gasteiger charge is 2.35. The van der Waals surface area contributed by atoms with E-state index in [0.717, 1.165) is 5.56 Å². The Morgan fingerprint density at radius 2 is 2.20 bits per heavy atom. The van der Waals surface area contributed by atoms with Crippen molar-refractivity contribution in [2.45, 2.75) is 26.1 Å². The molecule has 0 aliphatic carbocycles. The second kappa shape index (κ2) is 3.82. The number of benzene rings is 1. The van der Waals surface area contributed by atoms with Crippen molar-refractivity contribution in [2.24, 2.45) is 0 Å². The van der Waals surface area contributed by atoms with Gasteiger partial charge in [-0.25, -0.2) is 4.57 Å². The van der Waals surface area contributed by atoms with Gasteiger partial charge in [-0.3, -0.25) is 4.52 Å². The molecule has 1 aliphatic heterocycles. The second-order valence-electron chi connectivity index (χ2n) is 3.75. The molecule has 0 saturated heterocycles. The molecule has 0 fully saturated rings. The first-order valence-electron chi connectivity index (χ1n) is 4.73. The average Bonchev–Trinajstić information content (AvgIpc) is 2.18. The summed E-state index contributed by atoms with van der Waals surface area (Å²) in [5.41, 5.74) is 0.705. The van der Waals surface area contributed by atoms with Gasteiger partial charge in [0.15, 0.2) is 0 Å². The summed E-state index contributed by atoms with van der Waals surface area (Å²) in [6.07, 6.45) is 0. The van der Waals surface area contributed by atoms with Crippen molar-refractivity contribution < 1.29 is 13.6 Å². The Balaban J connectivity index is 2.35. The molecule has 1 atom stereocenters. The molecule has 1 unspecified atom stereocenters. The van der Waals surface area contributed by atoms with Gasteiger partial charge in [0.1, 0.15) is 5.75 Å². The van der Waals surface area contributed by atoms with Crippen LogP contribution in [0.3, 0.4) is 0 Å². The van der Waals surface area contributed by atoms with Crippen LogP contribution in [0.1, 0.15) is 19.4 Å². The topological polar surface area (TPSA) is 35.5 Å². The van der Waals surface area contributed by atoms with E-state index in [1.165, 1.54) is 0 Å². The van der Waals surface area contributed by atoms with Gasteiger partial charge in [-0.05, 0) is 18.2 Å². The van der Waals surface area contributed by atoms with E-state index in [1.807, 2.05) is 13.8 Å². The van der Waals surface area contributed by atoms with Gasteiger partial charge in [-0.15, -0.1) is 0 Å². The summed E-state index contributed by atoms with van der Waals surface area (Å²) < 4.78 is 22.8. The molecule has 1 aliphatic rings. The van der Waals surface area contributed by atoms with Gasteiger partial charge in [0.05, 0.1) is 12.3 Å². The fourth-order valence-corrected chi connectivity index (χ4v) is 2.85. The third kappa shape index (κ3) is 2.05. The molecular weight excluding hydrogens is 235 g/mol. The highest BCUT2D eigenvalue weighted by molar-refractivity contribution is 7.55. The fraction of sp³-hybridized carbons (Fsp3) is 0.400. The molecule has 0 radical (unpaired) electrons. The van der Waals surface area contributed by atoms with Crippen LogP contribution < -0.4 is 4.52 Å². The van der Waals surface area contributed by atoms with E-state index < -0.39 is 7.60 Å². The molecule has 15 heavy (non-hydrogen) atoms. The lowest BCUT2D eigenvalue weighted by Gasteiger charge is -2.28. The predicted molar refractivity (Wildman–Crippen MR) is 59.6 cm³/mol. The minimum absolute atomic E-state index is 0.138. The van der Waals surface area contributed by atoms with Crippen LogP contribution in [-0.2, 0) is 15.7 Å². The van der Waals surface area contributed by atoms with E-state index >= 15 is 0 Å². The second-order valence-corrected chi connectivity index (χ2v) is 6.74. The number of halogens is 1. The zero-order valence-corrected chi connectivity index (χ0v) is 10.2. The van der Waals surface area contributed by atoms with Gasteiger partial charge < -0.3 is 4.52 Å². The van der Waals surface area contributed by atoms with E-state index in [-0.39, 0.29) is 5.66 Å². The quantitative estimate of drug-likeness (QED) is 0.706. The summed E-state index contributed by atoms with van der Waals surface area (Å²) >= 11 is 5.83. The maximum absolute atomic E-state index is 12.1. The molecular formula is C10H12ClO3P. The zero-order valence-electron chi connectivity index (χ0n) is 8.57. The van der Waals surface area contributed by atoms with Crippen molar-refractivity contribution in [3.8, 4) is 5.75 Å². The lowest BCUT2D eigenvalue weighted by atomic mass is 10.2. The van der Waals surface area contributed by atoms with E-state index in [2.05, 4.69) is 0 Å². The number of hydrogen-bond acceptors (Lipinski definition) is 3. The first-order valence-corrected chi connectivity index (χ1v) is 6.72. The number of fused-ring (bicyclic) bond motifs is 1. The normalized spacial score (nSPS) is 24.8. The van der Waals surface area contributed by atoms with Crippen LogP contribution in [0.4, 0.5) is 0 Å². The third-order valence-corrected chi connectivity index (χ3v) is 4.72. The van der Waals surface area contributed by atoms with Crippen LogP contribution in [0.25, 0.3) is 0 Å². The van der Waals surface area contributed by atoms with Crippen LogP contribution in [0.15, 0.2) is 18.2 Å². The van der Waals surface area contributed by atoms with Crippen LogP contribution in [-0.4, -0.2) is 5.66 Å². The van der Waals surface area contributed by atoms with E-state index in [4.69, 9.17) is 20.6 Å². The Hall–Kier alpha value is -0.500. The van der Waals surface area contributed by atoms with Gasteiger partial charge in [0.25, 0.3) is 0 Å². The summed E-state index contributed by atoms with van der Waals surface area (Å²) in [5, 5.41) is 0.627. The van der Waals surface area contributed by atoms with Crippen molar-refractivity contribution in [1.29, 1.82) is 0 Å². The van der Waals surface area contributed by atoms with Gasteiger partial charge in [0.2, 0.25) is 0 Å². The number of hydrogen-bond donors (Lipinski definition) is 0. The Morgan fingerprint density at radius 1 is 1.47 bits per heavy atom. The summed E-state index contributed by atoms with van der Waals surface area (Å²) in [6.45, 7) is 3.94. The molecule has 0 saturated carbocycles. The fourth-order valence-electron chi connectivity index (χ4n) is 1.33. The Morgan fingerprint density at radius 3 is 2.87 bits per heavy atom. The molecule has 3 nitrogen and oxygen atoms in total. The SMILES string of the molecule is CC(C)P1(=O)OCc2cc(Cl)ccc2O1. The molecule has 2 rings (SSSR count). The van der Waals surface area contributed by atoms with Gasteiger partial charge in [0, 0.05) is 10.6 Å². The minimum Gasteiger partial charge on any atom is -0.424 e. The molecule has 0 amide bonds. The molecule has 0 N–H and O–H groups in total. The minimum atomic E-state index is -2.98. The first-order chi connectivity index (χ1) is 7.01. The van der Waals surface area contributed by atoms with Crippen LogP contribution >= 0.6 is 19.2 Å². The van der Waals surface area contributed by atoms with Crippen molar-refractivity contribution in [3.63, 3.8) is 0 Å². The molecule has 1 aromatic carbocycles. The Bertz CT molecular complexity index is 431. The average molecular weight is 247 g/mol. The lowest BCUT2D eigenvalue weighted by molar-refractivity contribution is 0.227. The van der Waals surface area contributed by atoms with Crippen molar-refractivity contribution in [3.05, 3.63) is 28.8 Å². The smallest absolute Gasteiger partial charge is 0.382 e. The summed E-state index contributed by atoms with van der Waals surface area (Å²) in [6, 6.07) is 5.21. The monoisotopic (exact) mass is 246 g/mol. The Kier molecular flexibility index (Phi) is 2.80. The maximum atomic E-state index is 12.1. The lowest BCUT2D eigenvalue weighted by Crippen LogP contribution is -2.13. The molecule has 1 heterocycles. The van der Waals surface area contributed by atoms with Crippen molar-refractivity contribution in [1.82, 2.24) is 0 Å². The third-order valence-electron chi connectivity index (χ3n) is 2.28. The highest BCUT2D eigenvalue weighted by atomic mass is 35.5. The highest BCUT2D eigenvalue weighted by Crippen LogP contribution is 2.57. The Labute approximate surface area is 93.9 Å². The molecule has 1 aromatic rings. The predicted octanol–water partition coefficient (Wildman–Crippen LogP) is 3.85. The molecule has 0 bridgehead atoms.